The molecular formula is C11H19BrClN3O2S. The van der Waals surface area contributed by atoms with Crippen LogP contribution in [0.3, 0.4) is 0 Å². The first kappa shape index (κ1) is 16.9. The molecule has 1 rings (SSSR count). The highest BCUT2D eigenvalue weighted by atomic mass is 79.9. The van der Waals surface area contributed by atoms with Gasteiger partial charge in [-0.1, -0.05) is 41.4 Å². The molecule has 0 spiro atoms. The van der Waals surface area contributed by atoms with Gasteiger partial charge in [-0.2, -0.15) is 5.10 Å². The molecule has 0 aromatic carbocycles. The molecule has 0 unspecified atom stereocenters. The largest absolute Gasteiger partial charge is 0.259 e. The highest BCUT2D eigenvalue weighted by Gasteiger charge is 2.26. The number of aryl methyl sites for hydroxylation is 1. The first-order valence-corrected chi connectivity index (χ1v) is 8.91. The molecule has 1 N–H and O–H groups in total. The fourth-order valence-electron chi connectivity index (χ4n) is 1.69. The molecule has 8 heteroatoms. The third-order valence-electron chi connectivity index (χ3n) is 2.82. The molecule has 5 nitrogen and oxygen atoms in total. The van der Waals surface area contributed by atoms with E-state index in [1.54, 1.807) is 7.05 Å². The van der Waals surface area contributed by atoms with Crippen molar-refractivity contribution in [2.45, 2.75) is 31.7 Å². The van der Waals surface area contributed by atoms with Crippen molar-refractivity contribution >= 4 is 37.6 Å². The molecule has 0 saturated carbocycles. The summed E-state index contributed by atoms with van der Waals surface area (Å²) in [6.45, 7) is 4.43. The maximum absolute atomic E-state index is 12.2. The number of hydrogen-bond acceptors (Lipinski definition) is 3. The number of halogens is 2. The van der Waals surface area contributed by atoms with Crippen LogP contribution in [0.25, 0.3) is 0 Å². The molecule has 0 amide bonds. The van der Waals surface area contributed by atoms with E-state index in [-0.39, 0.29) is 15.5 Å². The minimum atomic E-state index is -3.63. The van der Waals surface area contributed by atoms with E-state index in [1.807, 2.05) is 13.8 Å². The topological polar surface area (TPSA) is 64.0 Å². The molecule has 1 aromatic rings. The van der Waals surface area contributed by atoms with Crippen LogP contribution in [0.5, 0.6) is 0 Å². The van der Waals surface area contributed by atoms with Gasteiger partial charge in [0.1, 0.15) is 0 Å². The van der Waals surface area contributed by atoms with Crippen LogP contribution >= 0.6 is 27.5 Å². The lowest BCUT2D eigenvalue weighted by molar-refractivity contribution is 0.332. The summed E-state index contributed by atoms with van der Waals surface area (Å²) in [6, 6.07) is 0. The van der Waals surface area contributed by atoms with Crippen molar-refractivity contribution in [3.8, 4) is 0 Å². The number of rotatable bonds is 7. The van der Waals surface area contributed by atoms with Gasteiger partial charge in [-0.15, -0.1) is 0 Å². The lowest BCUT2D eigenvalue weighted by Crippen LogP contribution is -2.35. The second-order valence-electron chi connectivity index (χ2n) is 5.20. The Bertz CT molecular complexity index is 509. The zero-order valence-corrected chi connectivity index (χ0v) is 14.4. The van der Waals surface area contributed by atoms with Gasteiger partial charge in [-0.3, -0.25) is 4.68 Å². The Morgan fingerprint density at radius 2 is 2.16 bits per heavy atom. The lowest BCUT2D eigenvalue weighted by atomic mass is 9.88. The number of alkyl halides is 1. The number of sulfonamides is 1. The Morgan fingerprint density at radius 3 is 2.63 bits per heavy atom. The molecular weight excluding hydrogens is 354 g/mol. The summed E-state index contributed by atoms with van der Waals surface area (Å²) >= 11 is 9.23. The van der Waals surface area contributed by atoms with Crippen LogP contribution in [0, 0.1) is 5.41 Å². The van der Waals surface area contributed by atoms with Crippen LogP contribution in [-0.4, -0.2) is 30.1 Å². The second-order valence-corrected chi connectivity index (χ2v) is 8.09. The van der Waals surface area contributed by atoms with Crippen molar-refractivity contribution in [1.29, 1.82) is 0 Å². The molecule has 0 atom stereocenters. The van der Waals surface area contributed by atoms with Crippen LogP contribution in [-0.2, 0) is 17.1 Å². The Balaban J connectivity index is 2.77. The van der Waals surface area contributed by atoms with Crippen LogP contribution in [0.4, 0.5) is 0 Å². The molecule has 0 fully saturated rings. The van der Waals surface area contributed by atoms with Gasteiger partial charge in [-0.05, 0) is 18.3 Å². The van der Waals surface area contributed by atoms with Crippen molar-refractivity contribution in [2.75, 3.05) is 11.9 Å². The van der Waals surface area contributed by atoms with E-state index >= 15 is 0 Å². The highest BCUT2D eigenvalue weighted by Crippen LogP contribution is 2.24. The van der Waals surface area contributed by atoms with Gasteiger partial charge in [0.15, 0.2) is 5.03 Å². The van der Waals surface area contributed by atoms with E-state index in [1.165, 1.54) is 10.9 Å². The number of hydrogen-bond donors (Lipinski definition) is 1. The summed E-state index contributed by atoms with van der Waals surface area (Å²) in [6.07, 6.45) is 3.26. The molecule has 0 radical (unpaired) electrons. The van der Waals surface area contributed by atoms with Crippen LogP contribution in [0.15, 0.2) is 11.2 Å². The second kappa shape index (κ2) is 6.56. The monoisotopic (exact) mass is 371 g/mol. The molecule has 0 bridgehead atoms. The zero-order valence-electron chi connectivity index (χ0n) is 11.3. The van der Waals surface area contributed by atoms with Gasteiger partial charge in [0.2, 0.25) is 0 Å². The summed E-state index contributed by atoms with van der Waals surface area (Å²) < 4.78 is 28.2. The van der Waals surface area contributed by atoms with Crippen molar-refractivity contribution in [1.82, 2.24) is 14.5 Å². The summed E-state index contributed by atoms with van der Waals surface area (Å²) in [5.74, 6) is 0. The minimum Gasteiger partial charge on any atom is -0.255 e. The average molecular weight is 373 g/mol. The predicted molar refractivity (Wildman–Crippen MR) is 80.2 cm³/mol. The van der Waals surface area contributed by atoms with E-state index in [4.69, 9.17) is 11.6 Å². The fourth-order valence-corrected chi connectivity index (χ4v) is 3.87. The fraction of sp³-hybridized carbons (Fsp3) is 0.727. The molecule has 1 aromatic heterocycles. The Labute approximate surface area is 127 Å². The van der Waals surface area contributed by atoms with Crippen LogP contribution in [0.2, 0.25) is 5.02 Å². The summed E-state index contributed by atoms with van der Waals surface area (Å²) in [5, 5.41) is 4.89. The minimum absolute atomic E-state index is 0.00505. The quantitative estimate of drug-likeness (QED) is 0.748. The third kappa shape index (κ3) is 4.73. The van der Waals surface area contributed by atoms with Crippen molar-refractivity contribution in [3.63, 3.8) is 0 Å². The Kier molecular flexibility index (Phi) is 5.85. The van der Waals surface area contributed by atoms with Crippen molar-refractivity contribution in [3.05, 3.63) is 11.2 Å². The van der Waals surface area contributed by atoms with Gasteiger partial charge in [0.25, 0.3) is 10.0 Å². The molecule has 0 aliphatic rings. The highest BCUT2D eigenvalue weighted by molar-refractivity contribution is 9.09. The van der Waals surface area contributed by atoms with Crippen molar-refractivity contribution in [2.24, 2.45) is 12.5 Å². The Morgan fingerprint density at radius 1 is 1.53 bits per heavy atom. The number of nitrogens with zero attached hydrogens (tertiary/aromatic N) is 2. The first-order chi connectivity index (χ1) is 8.69. The zero-order chi connectivity index (χ0) is 14.7. The van der Waals surface area contributed by atoms with E-state index in [0.717, 1.165) is 18.2 Å². The van der Waals surface area contributed by atoms with Crippen molar-refractivity contribution < 1.29 is 8.42 Å². The predicted octanol–water partition coefficient (Wildman–Crippen LogP) is 2.55. The van der Waals surface area contributed by atoms with Gasteiger partial charge < -0.3 is 0 Å². The smallest absolute Gasteiger partial charge is 0.255 e. The molecule has 110 valence electrons. The molecule has 0 aliphatic heterocycles. The third-order valence-corrected chi connectivity index (χ3v) is 5.29. The molecule has 1 heterocycles. The molecule has 0 aliphatic carbocycles. The van der Waals surface area contributed by atoms with Gasteiger partial charge in [0, 0.05) is 18.9 Å². The Hall–Kier alpha value is -0.110. The van der Waals surface area contributed by atoms with Gasteiger partial charge >= 0.3 is 0 Å². The van der Waals surface area contributed by atoms with Crippen LogP contribution in [0.1, 0.15) is 26.7 Å². The molecule has 19 heavy (non-hydrogen) atoms. The average Bonchev–Trinajstić information content (AvgIpc) is 2.65. The van der Waals surface area contributed by atoms with E-state index in [2.05, 4.69) is 25.8 Å². The summed E-state index contributed by atoms with van der Waals surface area (Å²) in [5.41, 5.74) is -0.105. The van der Waals surface area contributed by atoms with Gasteiger partial charge in [-0.25, -0.2) is 13.1 Å². The molecule has 0 saturated heterocycles. The van der Waals surface area contributed by atoms with E-state index < -0.39 is 10.0 Å². The summed E-state index contributed by atoms with van der Waals surface area (Å²) in [4.78, 5) is 0. The lowest BCUT2D eigenvalue weighted by Gasteiger charge is -2.24. The van der Waals surface area contributed by atoms with Gasteiger partial charge in [0.05, 0.1) is 11.2 Å². The maximum Gasteiger partial charge on any atom is 0.259 e. The summed E-state index contributed by atoms with van der Waals surface area (Å²) in [7, 11) is -2.08. The van der Waals surface area contributed by atoms with E-state index in [0.29, 0.717) is 6.54 Å². The number of aromatic nitrogens is 2. The standard InChI is InChI=1S/C11H19BrClN3O2S/c1-11(2,5-4-6-12)8-15-19(17,18)10-9(13)7-14-16(10)3/h7,15H,4-6,8H2,1-3H3. The number of nitrogens with one attached hydrogen (secondary N) is 1. The van der Waals surface area contributed by atoms with E-state index in [9.17, 15) is 8.42 Å². The SMILES string of the molecule is Cn1ncc(Cl)c1S(=O)(=O)NCC(C)(C)CCCBr. The maximum atomic E-state index is 12.2. The first-order valence-electron chi connectivity index (χ1n) is 5.93. The van der Waals surface area contributed by atoms with Crippen LogP contribution < -0.4 is 4.72 Å². The normalized spacial score (nSPS) is 12.9.